The van der Waals surface area contributed by atoms with Crippen LogP contribution in [0.2, 0.25) is 0 Å². The van der Waals surface area contributed by atoms with E-state index in [9.17, 15) is 4.79 Å². The number of pyridine rings is 1. The minimum absolute atomic E-state index is 0.147. The molecule has 1 amide bonds. The quantitative estimate of drug-likeness (QED) is 0.792. The van der Waals surface area contributed by atoms with Crippen LogP contribution in [-0.2, 0) is 4.79 Å². The van der Waals surface area contributed by atoms with Gasteiger partial charge in [-0.05, 0) is 12.1 Å². The number of hydrogen-bond acceptors (Lipinski definition) is 2. The van der Waals surface area contributed by atoms with Crippen LogP contribution in [0.25, 0.3) is 10.9 Å². The van der Waals surface area contributed by atoms with Crippen molar-refractivity contribution in [3.63, 3.8) is 0 Å². The first-order valence-electron chi connectivity index (χ1n) is 5.40. The molecule has 0 aliphatic rings. The van der Waals surface area contributed by atoms with Crippen LogP contribution < -0.4 is 0 Å². The number of carbonyl (C=O) groups is 1. The first-order chi connectivity index (χ1) is 8.52. The molecule has 0 fully saturated rings. The molecule has 94 valence electrons. The van der Waals surface area contributed by atoms with Gasteiger partial charge in [0.2, 0.25) is 5.91 Å². The molecule has 2 aromatic rings. The summed E-state index contributed by atoms with van der Waals surface area (Å²) < 4.78 is 0.940. The highest BCUT2D eigenvalue weighted by atomic mass is 79.9. The van der Waals surface area contributed by atoms with E-state index in [1.165, 1.54) is 4.90 Å². The fraction of sp³-hybridized carbons (Fsp3) is 0.231. The summed E-state index contributed by atoms with van der Waals surface area (Å²) in [5.74, 6) is -0.147. The van der Waals surface area contributed by atoms with E-state index in [0.717, 1.165) is 20.9 Å². The number of alkyl halides is 1. The summed E-state index contributed by atoms with van der Waals surface area (Å²) >= 11 is 9.70. The Hall–Kier alpha value is -1.13. The van der Waals surface area contributed by atoms with Crippen LogP contribution in [0.4, 0.5) is 0 Å². The van der Waals surface area contributed by atoms with Crippen LogP contribution in [0, 0.1) is 0 Å². The lowest BCUT2D eigenvalue weighted by Crippen LogP contribution is -2.25. The van der Waals surface area contributed by atoms with Crippen molar-refractivity contribution in [1.82, 2.24) is 9.88 Å². The molecule has 0 N–H and O–H groups in total. The van der Waals surface area contributed by atoms with Gasteiger partial charge in [0.25, 0.3) is 0 Å². The number of benzene rings is 1. The topological polar surface area (TPSA) is 33.2 Å². The minimum Gasteiger partial charge on any atom is -0.347 e. The van der Waals surface area contributed by atoms with E-state index in [1.807, 2.05) is 24.3 Å². The number of carbonyl (C=O) groups excluding carboxylic acids is 1. The average molecular weight is 328 g/mol. The van der Waals surface area contributed by atoms with Crippen molar-refractivity contribution in [2.45, 2.75) is 5.38 Å². The summed E-state index contributed by atoms with van der Waals surface area (Å²) in [4.78, 5) is 17.7. The lowest BCUT2D eigenvalue weighted by atomic mass is 10.1. The second-order valence-corrected chi connectivity index (χ2v) is 5.42. The third-order valence-corrected chi connectivity index (χ3v) is 3.79. The van der Waals surface area contributed by atoms with Crippen molar-refractivity contribution in [2.75, 3.05) is 14.1 Å². The number of hydrogen-bond donors (Lipinski definition) is 0. The summed E-state index contributed by atoms with van der Waals surface area (Å²) in [5, 5.41) is 0.234. The maximum absolute atomic E-state index is 11.9. The molecule has 1 atom stereocenters. The number of nitrogens with zero attached hydrogens (tertiary/aromatic N) is 2. The molecule has 0 saturated heterocycles. The number of likely N-dealkylation sites (N-methyl/N-ethyl adjacent to an activating group) is 1. The largest absolute Gasteiger partial charge is 0.347 e. The molecule has 1 aromatic heterocycles. The number of amides is 1. The lowest BCUT2D eigenvalue weighted by Gasteiger charge is -2.16. The zero-order valence-corrected chi connectivity index (χ0v) is 12.4. The van der Waals surface area contributed by atoms with Gasteiger partial charge >= 0.3 is 0 Å². The van der Waals surface area contributed by atoms with Gasteiger partial charge in [-0.3, -0.25) is 9.78 Å². The van der Waals surface area contributed by atoms with Gasteiger partial charge in [0, 0.05) is 35.7 Å². The van der Waals surface area contributed by atoms with Crippen molar-refractivity contribution in [2.24, 2.45) is 0 Å². The zero-order valence-electron chi connectivity index (χ0n) is 10.0. The zero-order chi connectivity index (χ0) is 13.3. The molecule has 3 nitrogen and oxygen atoms in total. The van der Waals surface area contributed by atoms with Crippen LogP contribution in [0.1, 0.15) is 10.9 Å². The molecule has 0 aliphatic heterocycles. The highest BCUT2D eigenvalue weighted by molar-refractivity contribution is 9.10. The van der Waals surface area contributed by atoms with Crippen LogP contribution in [0.5, 0.6) is 0 Å². The van der Waals surface area contributed by atoms with E-state index >= 15 is 0 Å². The molecule has 1 heterocycles. The predicted molar refractivity (Wildman–Crippen MR) is 76.7 cm³/mol. The van der Waals surface area contributed by atoms with E-state index in [2.05, 4.69) is 20.9 Å². The van der Waals surface area contributed by atoms with E-state index in [0.29, 0.717) is 0 Å². The molecule has 0 aliphatic carbocycles. The van der Waals surface area contributed by atoms with Gasteiger partial charge in [0.1, 0.15) is 5.38 Å². The summed E-state index contributed by atoms with van der Waals surface area (Å²) in [5.41, 5.74) is 1.48. The van der Waals surface area contributed by atoms with Crippen molar-refractivity contribution < 1.29 is 4.79 Å². The predicted octanol–water partition coefficient (Wildman–Crippen LogP) is 3.37. The average Bonchev–Trinajstić information content (AvgIpc) is 2.38. The Kier molecular flexibility index (Phi) is 3.88. The maximum Gasteiger partial charge on any atom is 0.244 e. The first-order valence-corrected chi connectivity index (χ1v) is 6.63. The molecule has 0 radical (unpaired) electrons. The van der Waals surface area contributed by atoms with Gasteiger partial charge in [-0.25, -0.2) is 0 Å². The highest BCUT2D eigenvalue weighted by Gasteiger charge is 2.22. The van der Waals surface area contributed by atoms with Gasteiger partial charge in [-0.2, -0.15) is 0 Å². The first kappa shape index (κ1) is 13.3. The molecule has 0 spiro atoms. The number of halogens is 2. The minimum atomic E-state index is -0.717. The summed E-state index contributed by atoms with van der Waals surface area (Å²) in [6, 6.07) is 7.52. The molecule has 5 heteroatoms. The van der Waals surface area contributed by atoms with Gasteiger partial charge in [0.05, 0.1) is 5.52 Å². The number of aromatic nitrogens is 1. The van der Waals surface area contributed by atoms with Crippen LogP contribution in [0.15, 0.2) is 34.9 Å². The number of fused-ring (bicyclic) bond motifs is 1. The monoisotopic (exact) mass is 326 g/mol. The molecule has 0 saturated carbocycles. The molecular formula is C13H12BrClN2O. The Labute approximate surface area is 119 Å². The molecule has 18 heavy (non-hydrogen) atoms. The fourth-order valence-corrected chi connectivity index (χ4v) is 2.55. The van der Waals surface area contributed by atoms with Gasteiger partial charge < -0.3 is 4.90 Å². The summed E-state index contributed by atoms with van der Waals surface area (Å²) in [6.45, 7) is 0. The molecule has 1 aromatic carbocycles. The van der Waals surface area contributed by atoms with Gasteiger partial charge in [-0.15, -0.1) is 11.6 Å². The van der Waals surface area contributed by atoms with Gasteiger partial charge in [0.15, 0.2) is 0 Å². The standard InChI is InChI=1S/C13H12BrClN2O/c1-17(2)13(18)11(15)9-5-6-10(14)8-4-3-7-16-12(8)9/h3-7,11H,1-2H3. The van der Waals surface area contributed by atoms with E-state index < -0.39 is 5.38 Å². The van der Waals surface area contributed by atoms with E-state index in [1.54, 1.807) is 20.3 Å². The Morgan fingerprint density at radius 1 is 1.39 bits per heavy atom. The van der Waals surface area contributed by atoms with Gasteiger partial charge in [-0.1, -0.05) is 28.1 Å². The Balaban J connectivity index is 2.59. The molecular weight excluding hydrogens is 316 g/mol. The Morgan fingerprint density at radius 2 is 2.11 bits per heavy atom. The van der Waals surface area contributed by atoms with Crippen LogP contribution >= 0.6 is 27.5 Å². The van der Waals surface area contributed by atoms with E-state index in [-0.39, 0.29) is 5.91 Å². The summed E-state index contributed by atoms with van der Waals surface area (Å²) in [7, 11) is 3.37. The smallest absolute Gasteiger partial charge is 0.244 e. The van der Waals surface area contributed by atoms with Crippen molar-refractivity contribution in [3.8, 4) is 0 Å². The second kappa shape index (κ2) is 5.24. The van der Waals surface area contributed by atoms with E-state index in [4.69, 9.17) is 11.6 Å². The maximum atomic E-state index is 11.9. The SMILES string of the molecule is CN(C)C(=O)C(Cl)c1ccc(Br)c2cccnc12. The lowest BCUT2D eigenvalue weighted by molar-refractivity contribution is -0.128. The molecule has 1 unspecified atom stereocenters. The number of rotatable bonds is 2. The van der Waals surface area contributed by atoms with Crippen molar-refractivity contribution in [1.29, 1.82) is 0 Å². The Morgan fingerprint density at radius 3 is 2.78 bits per heavy atom. The second-order valence-electron chi connectivity index (χ2n) is 4.13. The summed E-state index contributed by atoms with van der Waals surface area (Å²) in [6.07, 6.45) is 1.70. The normalized spacial score (nSPS) is 12.4. The fourth-order valence-electron chi connectivity index (χ4n) is 1.72. The van der Waals surface area contributed by atoms with Crippen molar-refractivity contribution >= 4 is 44.3 Å². The highest BCUT2D eigenvalue weighted by Crippen LogP contribution is 2.32. The van der Waals surface area contributed by atoms with Crippen LogP contribution in [0.3, 0.4) is 0 Å². The molecule has 0 bridgehead atoms. The molecule has 2 rings (SSSR count). The van der Waals surface area contributed by atoms with Crippen LogP contribution in [-0.4, -0.2) is 29.9 Å². The third-order valence-electron chi connectivity index (χ3n) is 2.68. The Bertz CT molecular complexity index is 601. The third kappa shape index (κ3) is 2.35. The van der Waals surface area contributed by atoms with Crippen molar-refractivity contribution in [3.05, 3.63) is 40.5 Å².